The van der Waals surface area contributed by atoms with E-state index in [0.29, 0.717) is 16.4 Å². The molecule has 0 aliphatic rings. The van der Waals surface area contributed by atoms with E-state index in [1.165, 1.54) is 28.5 Å². The lowest BCUT2D eigenvalue weighted by Gasteiger charge is -2.03. The van der Waals surface area contributed by atoms with Crippen molar-refractivity contribution in [3.63, 3.8) is 0 Å². The number of fused-ring (bicyclic) bond motifs is 1. The summed E-state index contributed by atoms with van der Waals surface area (Å²) < 4.78 is 2.96. The number of benzene rings is 2. The topological polar surface area (TPSA) is 34.4 Å². The predicted octanol–water partition coefficient (Wildman–Crippen LogP) is 4.75. The SMILES string of the molecule is C#CCn1c(=NC(=O)/C=C/c2ccccc2Cl)sc2cc(C)c(C)cc21. The molecule has 1 heterocycles. The normalized spacial score (nSPS) is 12.0. The standard InChI is InChI=1S/C21H17ClN2OS/c1-4-11-24-18-12-14(2)15(3)13-19(18)26-21(24)23-20(25)10-9-16-7-5-6-8-17(16)22/h1,5-10,12-13H,11H2,2-3H3/b10-9+,23-21?. The minimum Gasteiger partial charge on any atom is -0.305 e. The molecule has 0 aliphatic carbocycles. The lowest BCUT2D eigenvalue weighted by atomic mass is 10.1. The highest BCUT2D eigenvalue weighted by Gasteiger charge is 2.08. The second-order valence-corrected chi connectivity index (χ2v) is 7.30. The van der Waals surface area contributed by atoms with Gasteiger partial charge in [0.05, 0.1) is 16.8 Å². The summed E-state index contributed by atoms with van der Waals surface area (Å²) in [4.78, 5) is 17.1. The van der Waals surface area contributed by atoms with Gasteiger partial charge in [-0.15, -0.1) is 6.42 Å². The molecule has 3 nitrogen and oxygen atoms in total. The number of hydrogen-bond donors (Lipinski definition) is 0. The van der Waals surface area contributed by atoms with Gasteiger partial charge in [-0.05, 0) is 54.8 Å². The van der Waals surface area contributed by atoms with Gasteiger partial charge in [0.1, 0.15) is 0 Å². The van der Waals surface area contributed by atoms with Crippen LogP contribution < -0.4 is 4.80 Å². The van der Waals surface area contributed by atoms with Gasteiger partial charge in [-0.3, -0.25) is 4.79 Å². The van der Waals surface area contributed by atoms with E-state index in [2.05, 4.69) is 36.9 Å². The van der Waals surface area contributed by atoms with Crippen LogP contribution in [0.25, 0.3) is 16.3 Å². The Kier molecular flexibility index (Phi) is 5.41. The summed E-state index contributed by atoms with van der Waals surface area (Å²) in [7, 11) is 0. The Labute approximate surface area is 161 Å². The monoisotopic (exact) mass is 380 g/mol. The first-order chi connectivity index (χ1) is 12.5. The number of nitrogens with zero attached hydrogens (tertiary/aromatic N) is 2. The summed E-state index contributed by atoms with van der Waals surface area (Å²) in [6.45, 7) is 4.48. The third-order valence-corrected chi connectivity index (χ3v) is 5.45. The first-order valence-corrected chi connectivity index (χ1v) is 9.24. The average Bonchev–Trinajstić information content (AvgIpc) is 2.91. The number of hydrogen-bond acceptors (Lipinski definition) is 2. The molecule has 3 rings (SSSR count). The Hall–Kier alpha value is -2.61. The summed E-state index contributed by atoms with van der Waals surface area (Å²) in [6.07, 6.45) is 8.60. The highest BCUT2D eigenvalue weighted by Crippen LogP contribution is 2.22. The summed E-state index contributed by atoms with van der Waals surface area (Å²) >= 11 is 7.56. The highest BCUT2D eigenvalue weighted by atomic mass is 35.5. The van der Waals surface area contributed by atoms with Gasteiger partial charge in [0.25, 0.3) is 5.91 Å². The van der Waals surface area contributed by atoms with Gasteiger partial charge in [-0.1, -0.05) is 47.1 Å². The highest BCUT2D eigenvalue weighted by molar-refractivity contribution is 7.16. The minimum atomic E-state index is -0.351. The number of carbonyl (C=O) groups is 1. The second-order valence-electron chi connectivity index (χ2n) is 5.88. The van der Waals surface area contributed by atoms with E-state index in [9.17, 15) is 4.79 Å². The van der Waals surface area contributed by atoms with E-state index < -0.39 is 0 Å². The van der Waals surface area contributed by atoms with E-state index in [4.69, 9.17) is 18.0 Å². The van der Waals surface area contributed by atoms with Gasteiger partial charge in [-0.2, -0.15) is 4.99 Å². The van der Waals surface area contributed by atoms with Gasteiger partial charge in [0, 0.05) is 11.1 Å². The first-order valence-electron chi connectivity index (χ1n) is 8.05. The maximum absolute atomic E-state index is 12.3. The lowest BCUT2D eigenvalue weighted by Crippen LogP contribution is -2.15. The lowest BCUT2D eigenvalue weighted by molar-refractivity contribution is -0.113. The van der Waals surface area contributed by atoms with Crippen LogP contribution in [0.5, 0.6) is 0 Å². The number of rotatable bonds is 3. The zero-order chi connectivity index (χ0) is 18.7. The molecular formula is C21H17ClN2OS. The Morgan fingerprint density at radius 1 is 1.31 bits per heavy atom. The van der Waals surface area contributed by atoms with Crippen LogP contribution in [0, 0.1) is 26.2 Å². The second kappa shape index (κ2) is 7.74. The van der Waals surface area contributed by atoms with Crippen molar-refractivity contribution >= 4 is 45.1 Å². The third kappa shape index (κ3) is 3.80. The maximum atomic E-state index is 12.3. The fourth-order valence-electron chi connectivity index (χ4n) is 2.55. The van der Waals surface area contributed by atoms with Crippen molar-refractivity contribution in [2.24, 2.45) is 4.99 Å². The zero-order valence-electron chi connectivity index (χ0n) is 14.5. The Balaban J connectivity index is 2.03. The number of carbonyl (C=O) groups excluding carboxylic acids is 1. The van der Waals surface area contributed by atoms with Crippen molar-refractivity contribution < 1.29 is 4.79 Å². The van der Waals surface area contributed by atoms with E-state index in [-0.39, 0.29) is 5.91 Å². The molecule has 130 valence electrons. The van der Waals surface area contributed by atoms with Crippen molar-refractivity contribution in [3.8, 4) is 12.3 Å². The van der Waals surface area contributed by atoms with Crippen molar-refractivity contribution in [2.75, 3.05) is 0 Å². The maximum Gasteiger partial charge on any atom is 0.272 e. The first kappa shape index (κ1) is 18.2. The molecule has 5 heteroatoms. The molecule has 0 saturated carbocycles. The fraction of sp³-hybridized carbons (Fsp3) is 0.143. The molecule has 0 bridgehead atoms. The Morgan fingerprint density at radius 3 is 2.77 bits per heavy atom. The summed E-state index contributed by atoms with van der Waals surface area (Å²) in [5.74, 6) is 2.29. The number of aromatic nitrogens is 1. The van der Waals surface area contributed by atoms with Crippen molar-refractivity contribution in [1.82, 2.24) is 4.57 Å². The molecule has 0 atom stereocenters. The largest absolute Gasteiger partial charge is 0.305 e. The Bertz CT molecular complexity index is 1130. The smallest absolute Gasteiger partial charge is 0.272 e. The number of amides is 1. The molecule has 3 aromatic rings. The summed E-state index contributed by atoms with van der Waals surface area (Å²) in [5.41, 5.74) is 4.15. The van der Waals surface area contributed by atoms with E-state index >= 15 is 0 Å². The van der Waals surface area contributed by atoms with Gasteiger partial charge >= 0.3 is 0 Å². The van der Waals surface area contributed by atoms with Crippen molar-refractivity contribution in [1.29, 1.82) is 0 Å². The minimum absolute atomic E-state index is 0.351. The van der Waals surface area contributed by atoms with Crippen LogP contribution in [0.4, 0.5) is 0 Å². The predicted molar refractivity (Wildman–Crippen MR) is 109 cm³/mol. The summed E-state index contributed by atoms with van der Waals surface area (Å²) in [5, 5.41) is 0.590. The molecule has 26 heavy (non-hydrogen) atoms. The van der Waals surface area contributed by atoms with Crippen molar-refractivity contribution in [2.45, 2.75) is 20.4 Å². The third-order valence-electron chi connectivity index (χ3n) is 4.06. The number of halogens is 1. The molecule has 0 N–H and O–H groups in total. The van der Waals surface area contributed by atoms with E-state index in [0.717, 1.165) is 15.8 Å². The van der Waals surface area contributed by atoms with E-state index in [1.54, 1.807) is 12.1 Å². The molecule has 0 fully saturated rings. The summed E-state index contributed by atoms with van der Waals surface area (Å²) in [6, 6.07) is 11.5. The van der Waals surface area contributed by atoms with Crippen LogP contribution in [0.1, 0.15) is 16.7 Å². The number of aryl methyl sites for hydroxylation is 2. The molecule has 0 unspecified atom stereocenters. The van der Waals surface area contributed by atoms with Crippen LogP contribution in [0.2, 0.25) is 5.02 Å². The van der Waals surface area contributed by atoms with Crippen LogP contribution in [0.15, 0.2) is 47.5 Å². The number of thiazole rings is 1. The van der Waals surface area contributed by atoms with Gasteiger partial charge < -0.3 is 4.57 Å². The van der Waals surface area contributed by atoms with Gasteiger partial charge in [0.2, 0.25) is 0 Å². The van der Waals surface area contributed by atoms with Gasteiger partial charge in [-0.25, -0.2) is 0 Å². The molecule has 0 radical (unpaired) electrons. The van der Waals surface area contributed by atoms with Crippen LogP contribution in [-0.2, 0) is 11.3 Å². The Morgan fingerprint density at radius 2 is 2.04 bits per heavy atom. The van der Waals surface area contributed by atoms with Crippen LogP contribution in [0.3, 0.4) is 0 Å². The quantitative estimate of drug-likeness (QED) is 0.477. The van der Waals surface area contributed by atoms with Crippen molar-refractivity contribution in [3.05, 3.63) is 69.0 Å². The fourth-order valence-corrected chi connectivity index (χ4v) is 3.87. The zero-order valence-corrected chi connectivity index (χ0v) is 16.1. The molecular weight excluding hydrogens is 364 g/mol. The van der Waals surface area contributed by atoms with Crippen LogP contribution >= 0.6 is 22.9 Å². The molecule has 1 amide bonds. The molecule has 2 aromatic carbocycles. The molecule has 0 spiro atoms. The molecule has 0 aliphatic heterocycles. The van der Waals surface area contributed by atoms with Crippen LogP contribution in [-0.4, -0.2) is 10.5 Å². The van der Waals surface area contributed by atoms with Gasteiger partial charge in [0.15, 0.2) is 4.80 Å². The molecule has 0 saturated heterocycles. The average molecular weight is 381 g/mol. The molecule has 1 aromatic heterocycles. The number of terminal acetylenes is 1. The van der Waals surface area contributed by atoms with E-state index in [1.807, 2.05) is 22.8 Å².